The highest BCUT2D eigenvalue weighted by atomic mass is 32.2. The van der Waals surface area contributed by atoms with Gasteiger partial charge in [0.15, 0.2) is 0 Å². The molecule has 11 heteroatoms. The van der Waals surface area contributed by atoms with Crippen molar-refractivity contribution in [3.05, 3.63) is 68.3 Å². The molecule has 2 aromatic rings. The summed E-state index contributed by atoms with van der Waals surface area (Å²) in [5, 5.41) is 22.0. The highest BCUT2D eigenvalue weighted by Crippen LogP contribution is 2.40. The zero-order valence-corrected chi connectivity index (χ0v) is 12.5. The van der Waals surface area contributed by atoms with Crippen LogP contribution in [0.3, 0.4) is 0 Å². The lowest BCUT2D eigenvalue weighted by Gasteiger charge is -2.14. The van der Waals surface area contributed by atoms with Crippen molar-refractivity contribution in [3.63, 3.8) is 0 Å². The zero-order chi connectivity index (χ0) is 17.6. The number of nitro groups is 2. The Morgan fingerprint density at radius 3 is 2.21 bits per heavy atom. The van der Waals surface area contributed by atoms with E-state index >= 15 is 0 Å². The van der Waals surface area contributed by atoms with Gasteiger partial charge in [-0.1, -0.05) is 12.1 Å². The molecule has 0 spiro atoms. The number of sulfonamides is 1. The summed E-state index contributed by atoms with van der Waals surface area (Å²) in [5.41, 5.74) is -2.11. The summed E-state index contributed by atoms with van der Waals surface area (Å²) in [4.78, 5) is 32.2. The first-order valence-electron chi connectivity index (χ1n) is 6.36. The van der Waals surface area contributed by atoms with Crippen LogP contribution < -0.4 is 4.31 Å². The fourth-order valence-corrected chi connectivity index (χ4v) is 3.98. The van der Waals surface area contributed by atoms with Crippen LogP contribution in [0, 0.1) is 20.2 Å². The van der Waals surface area contributed by atoms with Crippen LogP contribution in [-0.4, -0.2) is 24.2 Å². The number of carbonyl (C=O) groups is 1. The van der Waals surface area contributed by atoms with E-state index in [1.54, 1.807) is 0 Å². The Bertz CT molecular complexity index is 1020. The minimum Gasteiger partial charge on any atom is -0.268 e. The van der Waals surface area contributed by atoms with Gasteiger partial charge in [0.25, 0.3) is 21.6 Å². The van der Waals surface area contributed by atoms with Gasteiger partial charge in [-0.2, -0.15) is 4.31 Å². The maximum absolute atomic E-state index is 12.5. The van der Waals surface area contributed by atoms with Gasteiger partial charge in [0.2, 0.25) is 0 Å². The lowest BCUT2D eigenvalue weighted by molar-refractivity contribution is -0.393. The zero-order valence-electron chi connectivity index (χ0n) is 11.6. The molecular formula is C13H7N3O7S. The van der Waals surface area contributed by atoms with E-state index in [1.165, 1.54) is 24.3 Å². The Kier molecular flexibility index (Phi) is 3.30. The first-order chi connectivity index (χ1) is 11.2. The molecule has 0 aliphatic carbocycles. The summed E-state index contributed by atoms with van der Waals surface area (Å²) in [6.45, 7) is 0. The average Bonchev–Trinajstić information content (AvgIpc) is 2.74. The van der Waals surface area contributed by atoms with Gasteiger partial charge in [0.05, 0.1) is 21.5 Å². The molecule has 10 nitrogen and oxygen atoms in total. The predicted molar refractivity (Wildman–Crippen MR) is 80.2 cm³/mol. The van der Waals surface area contributed by atoms with Gasteiger partial charge >= 0.3 is 5.69 Å². The van der Waals surface area contributed by atoms with Gasteiger partial charge in [-0.05, 0) is 18.2 Å². The molecule has 0 saturated heterocycles. The van der Waals surface area contributed by atoms with Crippen molar-refractivity contribution in [3.8, 4) is 0 Å². The number of hydrogen-bond acceptors (Lipinski definition) is 7. The molecule has 122 valence electrons. The largest absolute Gasteiger partial charge is 0.300 e. The number of fused-ring (bicyclic) bond motifs is 1. The van der Waals surface area contributed by atoms with Crippen LogP contribution in [0.4, 0.5) is 17.1 Å². The van der Waals surface area contributed by atoms with Crippen LogP contribution >= 0.6 is 0 Å². The molecule has 0 fully saturated rings. The van der Waals surface area contributed by atoms with Gasteiger partial charge in [0.1, 0.15) is 10.6 Å². The molecule has 1 aliphatic rings. The first-order valence-corrected chi connectivity index (χ1v) is 7.80. The number of hydrogen-bond donors (Lipinski definition) is 0. The van der Waals surface area contributed by atoms with Crippen molar-refractivity contribution >= 4 is 33.0 Å². The van der Waals surface area contributed by atoms with E-state index in [1.807, 2.05) is 0 Å². The topological polar surface area (TPSA) is 141 Å². The molecule has 0 N–H and O–H groups in total. The molecule has 3 rings (SSSR count). The van der Waals surface area contributed by atoms with Crippen LogP contribution in [0.2, 0.25) is 0 Å². The fourth-order valence-electron chi connectivity index (χ4n) is 2.37. The Hall–Kier alpha value is -3.34. The normalized spacial score (nSPS) is 15.2. The summed E-state index contributed by atoms with van der Waals surface area (Å²) in [5.74, 6) is -0.956. The first kappa shape index (κ1) is 15.6. The van der Waals surface area contributed by atoms with Crippen LogP contribution in [0.1, 0.15) is 10.4 Å². The highest BCUT2D eigenvalue weighted by Gasteiger charge is 2.44. The van der Waals surface area contributed by atoms with Crippen molar-refractivity contribution in [1.29, 1.82) is 0 Å². The minimum absolute atomic E-state index is 0.120. The fraction of sp³-hybridized carbons (Fsp3) is 0. The summed E-state index contributed by atoms with van der Waals surface area (Å²) >= 11 is 0. The number of rotatable bonds is 3. The third-order valence-corrected chi connectivity index (χ3v) is 5.16. The standard InChI is InChI=1S/C13H7N3O7S/c17-13-9-3-1-2-4-12(9)24(22,23)14(13)10-6-5-8(15(18)19)7-11(10)16(20)21/h1-7H. The van der Waals surface area contributed by atoms with Gasteiger partial charge in [-0.15, -0.1) is 0 Å². The van der Waals surface area contributed by atoms with Crippen LogP contribution in [0.5, 0.6) is 0 Å². The summed E-state index contributed by atoms with van der Waals surface area (Å²) in [6.07, 6.45) is 0. The number of benzene rings is 2. The van der Waals surface area contributed by atoms with Crippen molar-refractivity contribution in [1.82, 2.24) is 0 Å². The highest BCUT2D eigenvalue weighted by molar-refractivity contribution is 7.94. The molecule has 0 bridgehead atoms. The maximum atomic E-state index is 12.5. The monoisotopic (exact) mass is 349 g/mol. The number of nitro benzene ring substituents is 2. The van der Waals surface area contributed by atoms with Gasteiger partial charge < -0.3 is 0 Å². The lowest BCUT2D eigenvalue weighted by atomic mass is 10.2. The Morgan fingerprint density at radius 2 is 1.62 bits per heavy atom. The summed E-state index contributed by atoms with van der Waals surface area (Å²) < 4.78 is 25.4. The third kappa shape index (κ3) is 2.10. The summed E-state index contributed by atoms with van der Waals surface area (Å²) in [7, 11) is -4.33. The second-order valence-electron chi connectivity index (χ2n) is 4.76. The molecule has 0 radical (unpaired) electrons. The molecule has 0 atom stereocenters. The Balaban J connectivity index is 2.26. The van der Waals surface area contributed by atoms with E-state index in [0.29, 0.717) is 10.4 Å². The maximum Gasteiger partial charge on any atom is 0.300 e. The second kappa shape index (κ2) is 5.09. The number of carbonyl (C=O) groups excluding carboxylic acids is 1. The molecule has 0 unspecified atom stereocenters. The predicted octanol–water partition coefficient (Wildman–Crippen LogP) is 1.85. The van der Waals surface area contributed by atoms with E-state index < -0.39 is 42.8 Å². The van der Waals surface area contributed by atoms with Crippen molar-refractivity contribution < 1.29 is 23.1 Å². The van der Waals surface area contributed by atoms with E-state index in [4.69, 9.17) is 0 Å². The minimum atomic E-state index is -4.33. The van der Waals surface area contributed by atoms with Crippen molar-refractivity contribution in [2.24, 2.45) is 0 Å². The molecular weight excluding hydrogens is 342 g/mol. The molecule has 24 heavy (non-hydrogen) atoms. The number of non-ortho nitro benzene ring substituents is 1. The van der Waals surface area contributed by atoms with E-state index in [2.05, 4.69) is 0 Å². The van der Waals surface area contributed by atoms with Gasteiger partial charge in [0, 0.05) is 6.07 Å². The Labute approximate surface area is 134 Å². The number of nitrogens with zero attached hydrogens (tertiary/aromatic N) is 3. The summed E-state index contributed by atoms with van der Waals surface area (Å²) in [6, 6.07) is 7.75. The van der Waals surface area contributed by atoms with E-state index in [-0.39, 0.29) is 10.5 Å². The van der Waals surface area contributed by atoms with Crippen LogP contribution in [0.15, 0.2) is 47.4 Å². The second-order valence-corrected chi connectivity index (χ2v) is 6.51. The molecule has 0 saturated carbocycles. The third-order valence-electron chi connectivity index (χ3n) is 3.41. The molecule has 1 heterocycles. The SMILES string of the molecule is O=C1c2ccccc2S(=O)(=O)N1c1ccc([N+](=O)[O-])cc1[N+](=O)[O-]. The van der Waals surface area contributed by atoms with Gasteiger partial charge in [-0.25, -0.2) is 8.42 Å². The lowest BCUT2D eigenvalue weighted by Crippen LogP contribution is -2.30. The smallest absolute Gasteiger partial charge is 0.268 e. The molecule has 2 aromatic carbocycles. The Morgan fingerprint density at radius 1 is 0.958 bits per heavy atom. The molecule has 0 aromatic heterocycles. The van der Waals surface area contributed by atoms with Crippen molar-refractivity contribution in [2.45, 2.75) is 4.90 Å². The number of amides is 1. The molecule has 1 amide bonds. The number of anilines is 1. The van der Waals surface area contributed by atoms with Gasteiger partial charge in [-0.3, -0.25) is 25.0 Å². The quantitative estimate of drug-likeness (QED) is 0.608. The van der Waals surface area contributed by atoms with Crippen LogP contribution in [0.25, 0.3) is 0 Å². The average molecular weight is 349 g/mol. The van der Waals surface area contributed by atoms with E-state index in [9.17, 15) is 33.4 Å². The van der Waals surface area contributed by atoms with Crippen molar-refractivity contribution in [2.75, 3.05) is 4.31 Å². The van der Waals surface area contributed by atoms with E-state index in [0.717, 1.165) is 12.1 Å². The molecule has 1 aliphatic heterocycles. The van der Waals surface area contributed by atoms with Crippen LogP contribution in [-0.2, 0) is 10.0 Å².